The molecule has 2 aromatic carbocycles. The number of fused-ring (bicyclic) bond motifs is 1. The van der Waals surface area contributed by atoms with Crippen LogP contribution in [0.3, 0.4) is 0 Å². The van der Waals surface area contributed by atoms with Crippen molar-refractivity contribution in [1.82, 2.24) is 19.4 Å². The smallest absolute Gasteiger partial charge is 0.269 e. The molecule has 2 heterocycles. The molecule has 0 amide bonds. The van der Waals surface area contributed by atoms with Gasteiger partial charge in [0.2, 0.25) is 5.95 Å². The summed E-state index contributed by atoms with van der Waals surface area (Å²) >= 11 is 6.05. The van der Waals surface area contributed by atoms with Crippen molar-refractivity contribution in [2.45, 2.75) is 6.54 Å². The Bertz CT molecular complexity index is 1200. The van der Waals surface area contributed by atoms with Crippen molar-refractivity contribution in [1.29, 1.82) is 0 Å². The summed E-state index contributed by atoms with van der Waals surface area (Å²) in [5.74, 6) is 0.392. The monoisotopic (exact) mass is 405 g/mol. The molecule has 0 saturated heterocycles. The molecule has 4 aromatic rings. The summed E-state index contributed by atoms with van der Waals surface area (Å²) in [6, 6.07) is 19.0. The van der Waals surface area contributed by atoms with Crippen LogP contribution in [0.25, 0.3) is 16.7 Å². The summed E-state index contributed by atoms with van der Waals surface area (Å²) in [6.07, 6.45) is 1.49. The van der Waals surface area contributed by atoms with Gasteiger partial charge in [-0.1, -0.05) is 41.9 Å². The Hall–Kier alpha value is -3.22. The number of hydrogen-bond acceptors (Lipinski definition) is 5. The number of nitrogens with one attached hydrogen (secondary N) is 1. The lowest BCUT2D eigenvalue weighted by molar-refractivity contribution is 0.402. The van der Waals surface area contributed by atoms with Crippen LogP contribution in [0.5, 0.6) is 0 Å². The van der Waals surface area contributed by atoms with E-state index < -0.39 is 0 Å². The summed E-state index contributed by atoms with van der Waals surface area (Å²) in [4.78, 5) is 24.2. The van der Waals surface area contributed by atoms with E-state index in [1.165, 1.54) is 16.3 Å². The number of hydrogen-bond donors (Lipinski definition) is 1. The summed E-state index contributed by atoms with van der Waals surface area (Å²) in [5, 5.41) is 4.03. The summed E-state index contributed by atoms with van der Waals surface area (Å²) < 4.78 is 1.54. The lowest BCUT2D eigenvalue weighted by Gasteiger charge is -2.15. The van der Waals surface area contributed by atoms with E-state index in [0.717, 1.165) is 12.2 Å². The number of rotatable bonds is 5. The SMILES string of the molecule is CN(C)Cc1ccc(Nc2nc3ncc(Cl)cc3c(=O)n2-c2ccccc2)cc1. The second-order valence-corrected chi connectivity index (χ2v) is 7.43. The van der Waals surface area contributed by atoms with E-state index in [1.807, 2.05) is 68.7 Å². The zero-order valence-corrected chi connectivity index (χ0v) is 16.9. The number of aromatic nitrogens is 3. The lowest BCUT2D eigenvalue weighted by Crippen LogP contribution is -2.23. The molecule has 146 valence electrons. The van der Waals surface area contributed by atoms with Crippen LogP contribution in [0.15, 0.2) is 71.7 Å². The van der Waals surface area contributed by atoms with Gasteiger partial charge >= 0.3 is 0 Å². The second kappa shape index (κ2) is 8.03. The van der Waals surface area contributed by atoms with Crippen LogP contribution < -0.4 is 10.9 Å². The van der Waals surface area contributed by atoms with Gasteiger partial charge in [0.1, 0.15) is 0 Å². The summed E-state index contributed by atoms with van der Waals surface area (Å²) in [5.41, 5.74) is 2.85. The van der Waals surface area contributed by atoms with Crippen LogP contribution in [0.2, 0.25) is 5.02 Å². The highest BCUT2D eigenvalue weighted by Gasteiger charge is 2.14. The van der Waals surface area contributed by atoms with Gasteiger partial charge in [-0.15, -0.1) is 0 Å². The number of pyridine rings is 1. The Labute approximate surface area is 173 Å². The predicted molar refractivity (Wildman–Crippen MR) is 117 cm³/mol. The van der Waals surface area contributed by atoms with E-state index >= 15 is 0 Å². The first-order valence-electron chi connectivity index (χ1n) is 9.16. The van der Waals surface area contributed by atoms with E-state index in [0.29, 0.717) is 27.7 Å². The molecule has 0 fully saturated rings. The van der Waals surface area contributed by atoms with Gasteiger partial charge in [-0.25, -0.2) is 9.55 Å². The third-order valence-corrected chi connectivity index (χ3v) is 4.62. The average Bonchev–Trinajstić information content (AvgIpc) is 2.71. The molecule has 29 heavy (non-hydrogen) atoms. The highest BCUT2D eigenvalue weighted by Crippen LogP contribution is 2.21. The average molecular weight is 406 g/mol. The zero-order valence-electron chi connectivity index (χ0n) is 16.1. The number of anilines is 2. The molecule has 1 N–H and O–H groups in total. The Morgan fingerprint density at radius 1 is 1.07 bits per heavy atom. The van der Waals surface area contributed by atoms with Crippen molar-refractivity contribution in [2.24, 2.45) is 0 Å². The third-order valence-electron chi connectivity index (χ3n) is 4.41. The van der Waals surface area contributed by atoms with Crippen LogP contribution in [-0.4, -0.2) is 33.5 Å². The van der Waals surface area contributed by atoms with Crippen LogP contribution in [0.4, 0.5) is 11.6 Å². The molecule has 7 heteroatoms. The Kier molecular flexibility index (Phi) is 5.29. The van der Waals surface area contributed by atoms with E-state index in [1.54, 1.807) is 6.07 Å². The number of nitrogens with zero attached hydrogens (tertiary/aromatic N) is 4. The van der Waals surface area contributed by atoms with Crippen molar-refractivity contribution in [3.63, 3.8) is 0 Å². The van der Waals surface area contributed by atoms with Crippen molar-refractivity contribution < 1.29 is 0 Å². The lowest BCUT2D eigenvalue weighted by atomic mass is 10.2. The van der Waals surface area contributed by atoms with Crippen molar-refractivity contribution >= 4 is 34.3 Å². The van der Waals surface area contributed by atoms with E-state index in [2.05, 4.69) is 20.2 Å². The molecule has 0 spiro atoms. The normalized spacial score (nSPS) is 11.2. The molecular formula is C22H20ClN5O. The van der Waals surface area contributed by atoms with Crippen LogP contribution in [0, 0.1) is 0 Å². The van der Waals surface area contributed by atoms with Gasteiger partial charge in [-0.05, 0) is 50.0 Å². The van der Waals surface area contributed by atoms with Gasteiger partial charge in [-0.3, -0.25) is 4.79 Å². The van der Waals surface area contributed by atoms with Crippen molar-refractivity contribution in [3.8, 4) is 5.69 Å². The maximum Gasteiger partial charge on any atom is 0.269 e. The molecule has 0 aliphatic rings. The fourth-order valence-electron chi connectivity index (χ4n) is 3.13. The van der Waals surface area contributed by atoms with Gasteiger partial charge < -0.3 is 10.2 Å². The van der Waals surface area contributed by atoms with E-state index in [9.17, 15) is 4.79 Å². The Balaban J connectivity index is 1.82. The van der Waals surface area contributed by atoms with Gasteiger partial charge in [0, 0.05) is 18.4 Å². The first-order chi connectivity index (χ1) is 14.0. The van der Waals surface area contributed by atoms with Crippen LogP contribution in [-0.2, 0) is 6.54 Å². The standard InChI is InChI=1S/C22H20ClN5O/c1-27(2)14-15-8-10-17(11-9-15)25-22-26-20-19(12-16(23)13-24-20)21(29)28(22)18-6-4-3-5-7-18/h3-13H,14H2,1-2H3,(H,24,25,26). The number of benzene rings is 2. The molecule has 4 rings (SSSR count). The molecule has 6 nitrogen and oxygen atoms in total. The predicted octanol–water partition coefficient (Wildman–Crippen LogP) is 4.24. The highest BCUT2D eigenvalue weighted by atomic mass is 35.5. The summed E-state index contributed by atoms with van der Waals surface area (Å²) in [7, 11) is 4.06. The van der Waals surface area contributed by atoms with Crippen molar-refractivity contribution in [2.75, 3.05) is 19.4 Å². The minimum Gasteiger partial charge on any atom is -0.325 e. The number of para-hydroxylation sites is 1. The molecule has 0 unspecified atom stereocenters. The van der Waals surface area contributed by atoms with Gasteiger partial charge in [-0.2, -0.15) is 4.98 Å². The van der Waals surface area contributed by atoms with Crippen LogP contribution in [0.1, 0.15) is 5.56 Å². The molecule has 2 aromatic heterocycles. The largest absolute Gasteiger partial charge is 0.325 e. The minimum absolute atomic E-state index is 0.233. The molecular weight excluding hydrogens is 386 g/mol. The Morgan fingerprint density at radius 2 is 1.79 bits per heavy atom. The third kappa shape index (κ3) is 4.13. The molecule has 0 atom stereocenters. The van der Waals surface area contributed by atoms with Crippen LogP contribution >= 0.6 is 11.6 Å². The maximum atomic E-state index is 13.2. The zero-order chi connectivity index (χ0) is 20.4. The number of halogens is 1. The molecule has 0 bridgehead atoms. The fourth-order valence-corrected chi connectivity index (χ4v) is 3.29. The maximum absolute atomic E-state index is 13.2. The second-order valence-electron chi connectivity index (χ2n) is 7.00. The first-order valence-corrected chi connectivity index (χ1v) is 9.53. The molecule has 0 aliphatic carbocycles. The molecule has 0 saturated carbocycles. The van der Waals surface area contributed by atoms with Gasteiger partial charge in [0.15, 0.2) is 5.65 Å². The molecule has 0 radical (unpaired) electrons. The minimum atomic E-state index is -0.233. The Morgan fingerprint density at radius 3 is 2.48 bits per heavy atom. The van der Waals surface area contributed by atoms with E-state index in [4.69, 9.17) is 11.6 Å². The summed E-state index contributed by atoms with van der Waals surface area (Å²) in [6.45, 7) is 0.855. The first kappa shape index (κ1) is 19.1. The van der Waals surface area contributed by atoms with Crippen molar-refractivity contribution in [3.05, 3.63) is 87.8 Å². The van der Waals surface area contributed by atoms with Gasteiger partial charge in [0.25, 0.3) is 5.56 Å². The van der Waals surface area contributed by atoms with E-state index in [-0.39, 0.29) is 5.56 Å². The quantitative estimate of drug-likeness (QED) is 0.538. The topological polar surface area (TPSA) is 63.0 Å². The molecule has 0 aliphatic heterocycles. The fraction of sp³-hybridized carbons (Fsp3) is 0.136. The van der Waals surface area contributed by atoms with Gasteiger partial charge in [0.05, 0.1) is 16.1 Å². The highest BCUT2D eigenvalue weighted by molar-refractivity contribution is 6.31.